The monoisotopic (exact) mass is 316 g/mol. The van der Waals surface area contributed by atoms with E-state index >= 15 is 0 Å². The molecule has 2 N–H and O–H groups in total. The fraction of sp³-hybridized carbons (Fsp3) is 0.438. The van der Waals surface area contributed by atoms with Gasteiger partial charge in [0.1, 0.15) is 5.82 Å². The second-order valence-electron chi connectivity index (χ2n) is 5.45. The Morgan fingerprint density at radius 2 is 2.14 bits per heavy atom. The van der Waals surface area contributed by atoms with Crippen molar-refractivity contribution in [3.8, 4) is 0 Å². The predicted molar refractivity (Wildman–Crippen MR) is 90.2 cm³/mol. The average molecular weight is 316 g/mol. The number of carbonyl (C=O) groups excluding carboxylic acids is 1. The maximum atomic E-state index is 12.1. The fourth-order valence-corrected chi connectivity index (χ4v) is 2.95. The van der Waals surface area contributed by atoms with Crippen LogP contribution in [-0.4, -0.2) is 33.7 Å². The number of anilines is 1. The number of aromatic nitrogens is 2. The molecule has 1 atom stereocenters. The molecule has 5 nitrogen and oxygen atoms in total. The van der Waals surface area contributed by atoms with E-state index in [0.29, 0.717) is 11.2 Å². The molecular formula is C16H20N4OS. The maximum Gasteiger partial charge on any atom is 0.233 e. The topological polar surface area (TPSA) is 66.9 Å². The predicted octanol–water partition coefficient (Wildman–Crippen LogP) is 2.82. The summed E-state index contributed by atoms with van der Waals surface area (Å²) >= 11 is 1.40. The van der Waals surface area contributed by atoms with Gasteiger partial charge in [-0.2, -0.15) is 0 Å². The number of nitrogens with zero attached hydrogens (tertiary/aromatic N) is 2. The Bertz CT molecular complexity index is 687. The Morgan fingerprint density at radius 3 is 2.86 bits per heavy atom. The van der Waals surface area contributed by atoms with Crippen molar-refractivity contribution in [1.82, 2.24) is 15.3 Å². The van der Waals surface area contributed by atoms with Gasteiger partial charge in [-0.05, 0) is 38.8 Å². The van der Waals surface area contributed by atoms with Crippen molar-refractivity contribution < 1.29 is 4.79 Å². The molecule has 0 unspecified atom stereocenters. The van der Waals surface area contributed by atoms with E-state index in [1.54, 1.807) is 0 Å². The molecule has 0 radical (unpaired) electrons. The van der Waals surface area contributed by atoms with Gasteiger partial charge in [-0.1, -0.05) is 23.9 Å². The third kappa shape index (κ3) is 3.50. The highest BCUT2D eigenvalue weighted by Gasteiger charge is 2.26. The van der Waals surface area contributed by atoms with Crippen molar-refractivity contribution in [1.29, 1.82) is 0 Å². The summed E-state index contributed by atoms with van der Waals surface area (Å²) in [5, 5.41) is 7.73. The summed E-state index contributed by atoms with van der Waals surface area (Å²) in [7, 11) is 0. The van der Waals surface area contributed by atoms with E-state index in [9.17, 15) is 4.79 Å². The molecule has 2 aromatic rings. The van der Waals surface area contributed by atoms with E-state index in [1.165, 1.54) is 11.8 Å². The van der Waals surface area contributed by atoms with Crippen LogP contribution in [0, 0.1) is 0 Å². The summed E-state index contributed by atoms with van der Waals surface area (Å²) in [6.45, 7) is 4.73. The number of fused-ring (bicyclic) bond motifs is 1. The van der Waals surface area contributed by atoms with Crippen LogP contribution < -0.4 is 10.6 Å². The molecule has 1 fully saturated rings. The van der Waals surface area contributed by atoms with Gasteiger partial charge in [0, 0.05) is 18.0 Å². The largest absolute Gasteiger partial charge is 0.370 e. The second-order valence-corrected chi connectivity index (χ2v) is 6.75. The summed E-state index contributed by atoms with van der Waals surface area (Å²) < 4.78 is 0. The Hall–Kier alpha value is -1.82. The number of nitrogens with one attached hydrogen (secondary N) is 2. The van der Waals surface area contributed by atoms with Crippen molar-refractivity contribution in [2.45, 2.75) is 43.1 Å². The normalized spacial score (nSPS) is 15.5. The number of para-hydroxylation sites is 1. The van der Waals surface area contributed by atoms with Gasteiger partial charge >= 0.3 is 0 Å². The van der Waals surface area contributed by atoms with E-state index in [1.807, 2.05) is 38.1 Å². The first-order valence-corrected chi connectivity index (χ1v) is 8.53. The molecule has 0 saturated heterocycles. The van der Waals surface area contributed by atoms with E-state index in [0.717, 1.165) is 36.1 Å². The minimum atomic E-state index is -0.198. The van der Waals surface area contributed by atoms with Gasteiger partial charge in [0.15, 0.2) is 5.16 Å². The molecule has 1 aromatic heterocycles. The van der Waals surface area contributed by atoms with Gasteiger partial charge in [-0.15, -0.1) is 0 Å². The third-order valence-corrected chi connectivity index (χ3v) is 4.46. The van der Waals surface area contributed by atoms with Gasteiger partial charge < -0.3 is 10.6 Å². The maximum absolute atomic E-state index is 12.1. The fourth-order valence-electron chi connectivity index (χ4n) is 2.17. The molecule has 1 aliphatic carbocycles. The minimum Gasteiger partial charge on any atom is -0.370 e. The molecular weight excluding hydrogens is 296 g/mol. The lowest BCUT2D eigenvalue weighted by Crippen LogP contribution is -2.32. The Morgan fingerprint density at radius 1 is 1.36 bits per heavy atom. The van der Waals surface area contributed by atoms with Crippen LogP contribution in [0.2, 0.25) is 0 Å². The lowest BCUT2D eigenvalue weighted by atomic mass is 10.2. The summed E-state index contributed by atoms with van der Waals surface area (Å²) in [4.78, 5) is 21.2. The SMILES string of the molecule is CCNc1nc(S[C@@H](C)C(=O)NC2CC2)nc2ccccc12. The Kier molecular flexibility index (Phi) is 4.47. The van der Waals surface area contributed by atoms with Crippen LogP contribution >= 0.6 is 11.8 Å². The zero-order valence-corrected chi connectivity index (χ0v) is 13.6. The van der Waals surface area contributed by atoms with Crippen LogP contribution in [0.25, 0.3) is 10.9 Å². The molecule has 0 spiro atoms. The van der Waals surface area contributed by atoms with Crippen molar-refractivity contribution in [2.75, 3.05) is 11.9 Å². The third-order valence-electron chi connectivity index (χ3n) is 3.50. The lowest BCUT2D eigenvalue weighted by Gasteiger charge is -2.12. The van der Waals surface area contributed by atoms with E-state index in [4.69, 9.17) is 0 Å². The highest BCUT2D eigenvalue weighted by Crippen LogP contribution is 2.27. The quantitative estimate of drug-likeness (QED) is 0.633. The highest BCUT2D eigenvalue weighted by atomic mass is 32.2. The van der Waals surface area contributed by atoms with Gasteiger partial charge in [0.2, 0.25) is 5.91 Å². The number of hydrogen-bond acceptors (Lipinski definition) is 5. The number of amides is 1. The van der Waals surface area contributed by atoms with Crippen molar-refractivity contribution >= 4 is 34.4 Å². The first kappa shape index (κ1) is 15.1. The molecule has 0 bridgehead atoms. The summed E-state index contributed by atoms with van der Waals surface area (Å²) in [6, 6.07) is 8.29. The van der Waals surface area contributed by atoms with Gasteiger partial charge in [0.05, 0.1) is 10.8 Å². The number of thioether (sulfide) groups is 1. The molecule has 1 heterocycles. The Labute approximate surface area is 134 Å². The number of rotatable bonds is 6. The second kappa shape index (κ2) is 6.52. The highest BCUT2D eigenvalue weighted by molar-refractivity contribution is 8.00. The average Bonchev–Trinajstić information content (AvgIpc) is 3.31. The first-order chi connectivity index (χ1) is 10.7. The zero-order valence-electron chi connectivity index (χ0n) is 12.8. The summed E-state index contributed by atoms with van der Waals surface area (Å²) in [5.74, 6) is 0.889. The molecule has 0 aliphatic heterocycles. The first-order valence-electron chi connectivity index (χ1n) is 7.65. The van der Waals surface area contributed by atoms with E-state index in [2.05, 4.69) is 20.6 Å². The number of carbonyl (C=O) groups is 1. The summed E-state index contributed by atoms with van der Waals surface area (Å²) in [5.41, 5.74) is 0.894. The van der Waals surface area contributed by atoms with Crippen LogP contribution in [0.5, 0.6) is 0 Å². The van der Waals surface area contributed by atoms with Crippen LogP contribution in [0.3, 0.4) is 0 Å². The van der Waals surface area contributed by atoms with Crippen LogP contribution in [0.1, 0.15) is 26.7 Å². The molecule has 22 heavy (non-hydrogen) atoms. The van der Waals surface area contributed by atoms with Gasteiger partial charge in [-0.25, -0.2) is 9.97 Å². The molecule has 3 rings (SSSR count). The van der Waals surface area contributed by atoms with Crippen molar-refractivity contribution in [3.63, 3.8) is 0 Å². The van der Waals surface area contributed by atoms with Gasteiger partial charge in [-0.3, -0.25) is 4.79 Å². The summed E-state index contributed by atoms with van der Waals surface area (Å²) in [6.07, 6.45) is 2.19. The lowest BCUT2D eigenvalue weighted by molar-refractivity contribution is -0.120. The molecule has 6 heteroatoms. The molecule has 1 aliphatic rings. The van der Waals surface area contributed by atoms with E-state index in [-0.39, 0.29) is 11.2 Å². The Balaban J connectivity index is 1.81. The van der Waals surface area contributed by atoms with Crippen LogP contribution in [0.15, 0.2) is 29.4 Å². The zero-order chi connectivity index (χ0) is 15.5. The minimum absolute atomic E-state index is 0.0641. The smallest absolute Gasteiger partial charge is 0.233 e. The van der Waals surface area contributed by atoms with Crippen LogP contribution in [0.4, 0.5) is 5.82 Å². The van der Waals surface area contributed by atoms with Crippen molar-refractivity contribution in [2.24, 2.45) is 0 Å². The number of benzene rings is 1. The standard InChI is InChI=1S/C16H20N4OS/c1-3-17-14-12-6-4-5-7-13(12)19-16(20-14)22-10(2)15(21)18-11-8-9-11/h4-7,10-11H,3,8-9H2,1-2H3,(H,18,21)(H,17,19,20)/t10-/m0/s1. The van der Waals surface area contributed by atoms with Crippen LogP contribution in [-0.2, 0) is 4.79 Å². The van der Waals surface area contributed by atoms with Crippen molar-refractivity contribution in [3.05, 3.63) is 24.3 Å². The molecule has 1 amide bonds. The molecule has 1 aromatic carbocycles. The molecule has 116 valence electrons. The van der Waals surface area contributed by atoms with Gasteiger partial charge in [0.25, 0.3) is 0 Å². The molecule has 1 saturated carbocycles. The van der Waals surface area contributed by atoms with E-state index < -0.39 is 0 Å². The number of hydrogen-bond donors (Lipinski definition) is 2.